The standard InChI is InChI=1S/C16H11FN2O2/c17-12-6-4-5-11(9-12)10-14-15(20)18-19(16(14)21)13-7-2-1-3-8-13/h1-10H,(H,18,20). The van der Waals surface area contributed by atoms with Crippen molar-refractivity contribution in [1.82, 2.24) is 5.43 Å². The van der Waals surface area contributed by atoms with Crippen LogP contribution in [0, 0.1) is 5.82 Å². The molecule has 0 aliphatic carbocycles. The molecule has 1 aliphatic heterocycles. The molecule has 0 atom stereocenters. The molecule has 0 bridgehead atoms. The minimum atomic E-state index is -0.506. The normalized spacial score (nSPS) is 16.4. The van der Waals surface area contributed by atoms with Gasteiger partial charge in [-0.3, -0.25) is 15.0 Å². The summed E-state index contributed by atoms with van der Waals surface area (Å²) in [4.78, 5) is 24.2. The van der Waals surface area contributed by atoms with Crippen LogP contribution in [0.1, 0.15) is 5.56 Å². The van der Waals surface area contributed by atoms with Crippen molar-refractivity contribution in [1.29, 1.82) is 0 Å². The van der Waals surface area contributed by atoms with Crippen LogP contribution in [0.15, 0.2) is 60.2 Å². The number of halogens is 1. The first-order chi connectivity index (χ1) is 10.1. The quantitative estimate of drug-likeness (QED) is 0.678. The number of para-hydroxylation sites is 1. The van der Waals surface area contributed by atoms with Gasteiger partial charge in [-0.1, -0.05) is 30.3 Å². The summed E-state index contributed by atoms with van der Waals surface area (Å²) < 4.78 is 13.2. The second-order valence-corrected chi connectivity index (χ2v) is 4.53. The van der Waals surface area contributed by atoms with Crippen molar-refractivity contribution in [2.75, 3.05) is 5.01 Å². The maximum atomic E-state index is 13.2. The number of hydrogen-bond acceptors (Lipinski definition) is 2. The van der Waals surface area contributed by atoms with Crippen LogP contribution in [-0.2, 0) is 9.59 Å². The highest BCUT2D eigenvalue weighted by atomic mass is 19.1. The van der Waals surface area contributed by atoms with Crippen LogP contribution in [0.4, 0.5) is 10.1 Å². The number of nitrogens with one attached hydrogen (secondary N) is 1. The summed E-state index contributed by atoms with van der Waals surface area (Å²) in [7, 11) is 0. The molecule has 2 amide bonds. The zero-order valence-electron chi connectivity index (χ0n) is 10.9. The highest BCUT2D eigenvalue weighted by molar-refractivity contribution is 6.31. The van der Waals surface area contributed by atoms with Crippen molar-refractivity contribution in [3.63, 3.8) is 0 Å². The van der Waals surface area contributed by atoms with Gasteiger partial charge >= 0.3 is 0 Å². The molecule has 1 aliphatic rings. The van der Waals surface area contributed by atoms with E-state index in [1.54, 1.807) is 30.3 Å². The summed E-state index contributed by atoms with van der Waals surface area (Å²) in [6, 6.07) is 14.5. The van der Waals surface area contributed by atoms with Gasteiger partial charge < -0.3 is 0 Å². The number of carbonyl (C=O) groups is 2. The number of benzene rings is 2. The van der Waals surface area contributed by atoms with E-state index in [9.17, 15) is 14.0 Å². The van der Waals surface area contributed by atoms with Crippen LogP contribution >= 0.6 is 0 Å². The molecule has 1 N–H and O–H groups in total. The van der Waals surface area contributed by atoms with Gasteiger partial charge in [-0.25, -0.2) is 9.40 Å². The smallest absolute Gasteiger partial charge is 0.267 e. The van der Waals surface area contributed by atoms with Crippen molar-refractivity contribution < 1.29 is 14.0 Å². The predicted molar refractivity (Wildman–Crippen MR) is 76.4 cm³/mol. The van der Waals surface area contributed by atoms with Gasteiger partial charge in [-0.2, -0.15) is 0 Å². The van der Waals surface area contributed by atoms with Gasteiger partial charge in [0, 0.05) is 0 Å². The lowest BCUT2D eigenvalue weighted by Crippen LogP contribution is -2.35. The minimum Gasteiger partial charge on any atom is -0.267 e. The number of carbonyl (C=O) groups excluding carboxylic acids is 2. The Balaban J connectivity index is 1.94. The molecule has 0 radical (unpaired) electrons. The Labute approximate surface area is 120 Å². The van der Waals surface area contributed by atoms with Crippen molar-refractivity contribution >= 4 is 23.6 Å². The van der Waals surface area contributed by atoms with E-state index in [1.165, 1.54) is 29.3 Å². The van der Waals surface area contributed by atoms with Crippen LogP contribution in [0.3, 0.4) is 0 Å². The Hall–Kier alpha value is -2.95. The highest BCUT2D eigenvalue weighted by Crippen LogP contribution is 2.21. The molecule has 0 spiro atoms. The zero-order chi connectivity index (χ0) is 14.8. The van der Waals surface area contributed by atoms with Crippen molar-refractivity contribution in [2.24, 2.45) is 0 Å². The molecule has 1 saturated heterocycles. The average Bonchev–Trinajstić information content (AvgIpc) is 2.76. The van der Waals surface area contributed by atoms with Gasteiger partial charge in [0.15, 0.2) is 0 Å². The second-order valence-electron chi connectivity index (χ2n) is 4.53. The number of anilines is 1. The number of nitrogens with zero attached hydrogens (tertiary/aromatic N) is 1. The summed E-state index contributed by atoms with van der Waals surface area (Å²) in [5.74, 6) is -1.39. The van der Waals surface area contributed by atoms with Gasteiger partial charge in [-0.05, 0) is 35.9 Å². The first-order valence-corrected chi connectivity index (χ1v) is 6.33. The van der Waals surface area contributed by atoms with Gasteiger partial charge in [0.1, 0.15) is 11.4 Å². The fourth-order valence-electron chi connectivity index (χ4n) is 2.08. The van der Waals surface area contributed by atoms with Crippen molar-refractivity contribution in [3.8, 4) is 0 Å². The Morgan fingerprint density at radius 3 is 2.48 bits per heavy atom. The third-order valence-electron chi connectivity index (χ3n) is 3.07. The van der Waals surface area contributed by atoms with E-state index >= 15 is 0 Å². The summed E-state index contributed by atoms with van der Waals surface area (Å²) in [6.07, 6.45) is 1.38. The van der Waals surface area contributed by atoms with Crippen molar-refractivity contribution in [3.05, 3.63) is 71.6 Å². The van der Waals surface area contributed by atoms with E-state index in [2.05, 4.69) is 5.43 Å². The Kier molecular flexibility index (Phi) is 3.23. The molecule has 3 rings (SSSR count). The molecular formula is C16H11FN2O2. The Morgan fingerprint density at radius 1 is 1.00 bits per heavy atom. The summed E-state index contributed by atoms with van der Waals surface area (Å²) in [5, 5.41) is 1.17. The molecule has 2 aromatic carbocycles. The maximum Gasteiger partial charge on any atom is 0.282 e. The Bertz CT molecular complexity index is 741. The lowest BCUT2D eigenvalue weighted by Gasteiger charge is -2.13. The number of hydrogen-bond donors (Lipinski definition) is 1. The molecule has 0 saturated carbocycles. The number of hydrazine groups is 1. The zero-order valence-corrected chi connectivity index (χ0v) is 10.9. The third kappa shape index (κ3) is 2.53. The first kappa shape index (κ1) is 13.1. The summed E-state index contributed by atoms with van der Waals surface area (Å²) >= 11 is 0. The topological polar surface area (TPSA) is 49.4 Å². The van der Waals surface area contributed by atoms with Gasteiger partial charge in [0.25, 0.3) is 11.8 Å². The van der Waals surface area contributed by atoms with Gasteiger partial charge in [0.2, 0.25) is 0 Å². The molecule has 2 aromatic rings. The average molecular weight is 282 g/mol. The molecule has 0 aromatic heterocycles. The molecule has 1 heterocycles. The van der Waals surface area contributed by atoms with Crippen molar-refractivity contribution in [2.45, 2.75) is 0 Å². The predicted octanol–water partition coefficient (Wildman–Crippen LogP) is 2.29. The van der Waals surface area contributed by atoms with E-state index < -0.39 is 17.6 Å². The molecule has 0 unspecified atom stereocenters. The molecule has 1 fully saturated rings. The molecule has 5 heteroatoms. The third-order valence-corrected chi connectivity index (χ3v) is 3.07. The lowest BCUT2D eigenvalue weighted by molar-refractivity contribution is -0.117. The largest absolute Gasteiger partial charge is 0.282 e. The highest BCUT2D eigenvalue weighted by Gasteiger charge is 2.34. The van der Waals surface area contributed by atoms with E-state index in [4.69, 9.17) is 0 Å². The van der Waals surface area contributed by atoms with E-state index in [0.717, 1.165) is 0 Å². The monoisotopic (exact) mass is 282 g/mol. The fraction of sp³-hybridized carbons (Fsp3) is 0. The van der Waals surface area contributed by atoms with E-state index in [-0.39, 0.29) is 5.57 Å². The first-order valence-electron chi connectivity index (χ1n) is 6.33. The van der Waals surface area contributed by atoms with Crippen LogP contribution in [0.2, 0.25) is 0 Å². The summed E-state index contributed by atoms with van der Waals surface area (Å²) in [5.41, 5.74) is 3.49. The lowest BCUT2D eigenvalue weighted by atomic mass is 10.1. The molecular weight excluding hydrogens is 271 g/mol. The van der Waals surface area contributed by atoms with E-state index in [1.807, 2.05) is 6.07 Å². The fourth-order valence-corrected chi connectivity index (χ4v) is 2.08. The number of amides is 2. The summed E-state index contributed by atoms with van der Waals surface area (Å²) in [6.45, 7) is 0. The minimum absolute atomic E-state index is 0.0237. The van der Waals surface area contributed by atoms with Crippen LogP contribution < -0.4 is 10.4 Å². The van der Waals surface area contributed by atoms with Crippen LogP contribution in [0.25, 0.3) is 6.08 Å². The van der Waals surface area contributed by atoms with Crippen LogP contribution in [-0.4, -0.2) is 11.8 Å². The van der Waals surface area contributed by atoms with Gasteiger partial charge in [0.05, 0.1) is 5.69 Å². The maximum absolute atomic E-state index is 13.2. The Morgan fingerprint density at radius 2 is 1.76 bits per heavy atom. The molecule has 4 nitrogen and oxygen atoms in total. The second kappa shape index (κ2) is 5.20. The molecule has 104 valence electrons. The van der Waals surface area contributed by atoms with Gasteiger partial charge in [-0.15, -0.1) is 0 Å². The van der Waals surface area contributed by atoms with Crippen LogP contribution in [0.5, 0.6) is 0 Å². The number of rotatable bonds is 2. The van der Waals surface area contributed by atoms with E-state index in [0.29, 0.717) is 11.3 Å². The SMILES string of the molecule is O=C1NN(c2ccccc2)C(=O)C1=Cc1cccc(F)c1. The molecule has 21 heavy (non-hydrogen) atoms.